The van der Waals surface area contributed by atoms with Crippen LogP contribution in [0.4, 0.5) is 0 Å². The standard InChI is InChI=1S/C24H23NO4S/c1-3-29-24(26)17-23(25-30(27,28)22-15-9-18(2)10-16-22)21-13-11-20(12-14-21)19-7-5-4-6-8-19/h4-17,25H,3H2,1-2H3/b23-17-. The van der Waals surface area contributed by atoms with Gasteiger partial charge in [0.2, 0.25) is 0 Å². The summed E-state index contributed by atoms with van der Waals surface area (Å²) in [4.78, 5) is 12.2. The fraction of sp³-hybridized carbons (Fsp3) is 0.125. The number of aryl methyl sites for hydroxylation is 1. The number of ether oxygens (including phenoxy) is 1. The molecule has 0 radical (unpaired) electrons. The maximum atomic E-state index is 12.9. The van der Waals surface area contributed by atoms with Gasteiger partial charge in [0.15, 0.2) is 0 Å². The zero-order chi connectivity index (χ0) is 21.6. The monoisotopic (exact) mass is 421 g/mol. The number of rotatable bonds is 7. The van der Waals surface area contributed by atoms with Crippen LogP contribution >= 0.6 is 0 Å². The summed E-state index contributed by atoms with van der Waals surface area (Å²) in [6.45, 7) is 3.76. The third kappa shape index (κ3) is 5.36. The number of nitrogens with one attached hydrogen (secondary N) is 1. The van der Waals surface area contributed by atoms with Gasteiger partial charge in [0, 0.05) is 6.08 Å². The van der Waals surface area contributed by atoms with E-state index in [0.717, 1.165) is 22.8 Å². The second-order valence-electron chi connectivity index (χ2n) is 6.67. The van der Waals surface area contributed by atoms with Crippen molar-refractivity contribution in [2.45, 2.75) is 18.7 Å². The number of hydrogen-bond acceptors (Lipinski definition) is 4. The minimum absolute atomic E-state index is 0.115. The van der Waals surface area contributed by atoms with E-state index >= 15 is 0 Å². The Hall–Kier alpha value is -3.38. The zero-order valence-corrected chi connectivity index (χ0v) is 17.6. The summed E-state index contributed by atoms with van der Waals surface area (Å²) in [6.07, 6.45) is 1.16. The molecule has 1 N–H and O–H groups in total. The highest BCUT2D eigenvalue weighted by Crippen LogP contribution is 2.23. The van der Waals surface area contributed by atoms with E-state index in [0.29, 0.717) is 5.56 Å². The summed E-state index contributed by atoms with van der Waals surface area (Å²) in [5, 5.41) is 0. The molecule has 0 heterocycles. The minimum Gasteiger partial charge on any atom is -0.463 e. The molecule has 0 amide bonds. The second-order valence-corrected chi connectivity index (χ2v) is 8.35. The molecule has 0 spiro atoms. The fourth-order valence-electron chi connectivity index (χ4n) is 2.87. The quantitative estimate of drug-likeness (QED) is 0.449. The lowest BCUT2D eigenvalue weighted by molar-refractivity contribution is -0.137. The summed E-state index contributed by atoms with van der Waals surface area (Å²) >= 11 is 0. The van der Waals surface area contributed by atoms with E-state index in [9.17, 15) is 13.2 Å². The minimum atomic E-state index is -3.87. The van der Waals surface area contributed by atoms with E-state index in [4.69, 9.17) is 4.74 Å². The van der Waals surface area contributed by atoms with Crippen molar-refractivity contribution >= 4 is 21.7 Å². The average molecular weight is 422 g/mol. The largest absolute Gasteiger partial charge is 0.463 e. The summed E-state index contributed by atoms with van der Waals surface area (Å²) in [7, 11) is -3.87. The van der Waals surface area contributed by atoms with E-state index in [1.165, 1.54) is 12.1 Å². The van der Waals surface area contributed by atoms with Crippen LogP contribution in [0.5, 0.6) is 0 Å². The van der Waals surface area contributed by atoms with Gasteiger partial charge in [-0.25, -0.2) is 13.2 Å². The molecule has 0 atom stereocenters. The van der Waals surface area contributed by atoms with Crippen molar-refractivity contribution in [2.75, 3.05) is 6.61 Å². The third-order valence-electron chi connectivity index (χ3n) is 4.43. The van der Waals surface area contributed by atoms with Crippen LogP contribution < -0.4 is 4.72 Å². The maximum absolute atomic E-state index is 12.9. The molecule has 0 saturated carbocycles. The Labute approximate surface area is 177 Å². The van der Waals surface area contributed by atoms with Gasteiger partial charge in [0.25, 0.3) is 10.0 Å². The molecule has 0 bridgehead atoms. The first-order chi connectivity index (χ1) is 14.4. The molecule has 154 valence electrons. The Bertz CT molecular complexity index is 1130. The van der Waals surface area contributed by atoms with Crippen molar-refractivity contribution in [2.24, 2.45) is 0 Å². The Morgan fingerprint density at radius 1 is 0.900 bits per heavy atom. The first kappa shape index (κ1) is 21.3. The van der Waals surface area contributed by atoms with E-state index in [2.05, 4.69) is 4.72 Å². The van der Waals surface area contributed by atoms with Crippen molar-refractivity contribution in [3.8, 4) is 11.1 Å². The van der Waals surface area contributed by atoms with Crippen molar-refractivity contribution in [1.29, 1.82) is 0 Å². The van der Waals surface area contributed by atoms with Gasteiger partial charge in [-0.1, -0.05) is 72.3 Å². The summed E-state index contributed by atoms with van der Waals surface area (Å²) in [6, 6.07) is 23.6. The molecule has 0 aliphatic carbocycles. The number of benzene rings is 3. The average Bonchev–Trinajstić information content (AvgIpc) is 2.74. The highest BCUT2D eigenvalue weighted by molar-refractivity contribution is 7.89. The fourth-order valence-corrected chi connectivity index (χ4v) is 3.95. The number of esters is 1. The van der Waals surface area contributed by atoms with Gasteiger partial charge in [0.05, 0.1) is 17.2 Å². The van der Waals surface area contributed by atoms with Crippen molar-refractivity contribution < 1.29 is 17.9 Å². The molecule has 6 heteroatoms. The Morgan fingerprint density at radius 3 is 2.10 bits per heavy atom. The first-order valence-electron chi connectivity index (χ1n) is 9.53. The van der Waals surface area contributed by atoms with Crippen molar-refractivity contribution in [3.05, 3.63) is 96.1 Å². The van der Waals surface area contributed by atoms with Gasteiger partial charge in [-0.3, -0.25) is 4.72 Å². The molecule has 3 aromatic rings. The van der Waals surface area contributed by atoms with Gasteiger partial charge < -0.3 is 4.74 Å². The van der Waals surface area contributed by atoms with Crippen LogP contribution in [0.2, 0.25) is 0 Å². The molecule has 0 aliphatic heterocycles. The molecule has 0 saturated heterocycles. The Balaban J connectivity index is 1.95. The van der Waals surface area contributed by atoms with Crippen LogP contribution in [0.15, 0.2) is 89.8 Å². The molecule has 5 nitrogen and oxygen atoms in total. The molecule has 0 fully saturated rings. The van der Waals surface area contributed by atoms with Crippen molar-refractivity contribution in [3.63, 3.8) is 0 Å². The maximum Gasteiger partial charge on any atom is 0.332 e. The van der Waals surface area contributed by atoms with E-state index < -0.39 is 16.0 Å². The second kappa shape index (κ2) is 9.41. The van der Waals surface area contributed by atoms with Crippen LogP contribution in [0.1, 0.15) is 18.1 Å². The smallest absolute Gasteiger partial charge is 0.332 e. The lowest BCUT2D eigenvalue weighted by Gasteiger charge is -2.13. The van der Waals surface area contributed by atoms with Crippen LogP contribution in [-0.2, 0) is 19.6 Å². The van der Waals surface area contributed by atoms with Crippen LogP contribution in [0.3, 0.4) is 0 Å². The summed E-state index contributed by atoms with van der Waals surface area (Å²) in [5.74, 6) is -0.619. The molecule has 0 unspecified atom stereocenters. The van der Waals surface area contributed by atoms with Gasteiger partial charge in [0.1, 0.15) is 0 Å². The Kier molecular flexibility index (Phi) is 6.69. The zero-order valence-electron chi connectivity index (χ0n) is 16.8. The summed E-state index contributed by atoms with van der Waals surface area (Å²) in [5.41, 5.74) is 3.68. The molecule has 3 rings (SSSR count). The molecule has 0 aliphatic rings. The lowest BCUT2D eigenvalue weighted by atomic mass is 10.0. The third-order valence-corrected chi connectivity index (χ3v) is 5.81. The molecule has 3 aromatic carbocycles. The summed E-state index contributed by atoms with van der Waals surface area (Å²) < 4.78 is 33.2. The topological polar surface area (TPSA) is 72.5 Å². The molecule has 0 aromatic heterocycles. The molecular weight excluding hydrogens is 398 g/mol. The SMILES string of the molecule is CCOC(=O)/C=C(\NS(=O)(=O)c1ccc(C)cc1)c1ccc(-c2ccccc2)cc1. The van der Waals surface area contributed by atoms with Crippen LogP contribution in [-0.4, -0.2) is 21.0 Å². The van der Waals surface area contributed by atoms with Crippen molar-refractivity contribution in [1.82, 2.24) is 4.72 Å². The Morgan fingerprint density at radius 2 is 1.50 bits per heavy atom. The number of carbonyl (C=O) groups is 1. The highest BCUT2D eigenvalue weighted by atomic mass is 32.2. The number of carbonyl (C=O) groups excluding carboxylic acids is 1. The first-order valence-corrected chi connectivity index (χ1v) is 11.0. The van der Waals surface area contributed by atoms with E-state index in [1.807, 2.05) is 49.4 Å². The lowest BCUT2D eigenvalue weighted by Crippen LogP contribution is -2.23. The van der Waals surface area contributed by atoms with E-state index in [-0.39, 0.29) is 17.2 Å². The molecule has 30 heavy (non-hydrogen) atoms. The van der Waals surface area contributed by atoms with E-state index in [1.54, 1.807) is 31.2 Å². The van der Waals surface area contributed by atoms with Crippen LogP contribution in [0, 0.1) is 6.92 Å². The van der Waals surface area contributed by atoms with Gasteiger partial charge in [-0.15, -0.1) is 0 Å². The molecular formula is C24H23NO4S. The highest BCUT2D eigenvalue weighted by Gasteiger charge is 2.18. The van der Waals surface area contributed by atoms with Gasteiger partial charge >= 0.3 is 5.97 Å². The van der Waals surface area contributed by atoms with Gasteiger partial charge in [-0.2, -0.15) is 0 Å². The predicted octanol–water partition coefficient (Wildman–Crippen LogP) is 4.54. The number of sulfonamides is 1. The predicted molar refractivity (Wildman–Crippen MR) is 118 cm³/mol. The normalized spacial score (nSPS) is 11.7. The van der Waals surface area contributed by atoms with Crippen LogP contribution in [0.25, 0.3) is 16.8 Å². The number of hydrogen-bond donors (Lipinski definition) is 1. The van der Waals surface area contributed by atoms with Gasteiger partial charge in [-0.05, 0) is 42.7 Å².